The van der Waals surface area contributed by atoms with Crippen molar-refractivity contribution in [2.24, 2.45) is 11.1 Å². The first-order chi connectivity index (χ1) is 8.16. The topological polar surface area (TPSA) is 59.2 Å². The van der Waals surface area contributed by atoms with E-state index in [2.05, 4.69) is 4.98 Å². The third-order valence-corrected chi connectivity index (χ3v) is 3.62. The van der Waals surface area contributed by atoms with Crippen LogP contribution in [0.15, 0.2) is 24.4 Å². The molecule has 1 amide bonds. The second-order valence-electron chi connectivity index (χ2n) is 5.83. The maximum atomic E-state index is 12.4. The molecule has 0 spiro atoms. The molecule has 0 radical (unpaired) electrons. The molecule has 100 valence electrons. The van der Waals surface area contributed by atoms with Gasteiger partial charge in [-0.05, 0) is 39.8 Å². The first kappa shape index (κ1) is 14.6. The van der Waals surface area contributed by atoms with Crippen molar-refractivity contribution in [2.45, 2.75) is 39.8 Å². The van der Waals surface area contributed by atoms with Crippen molar-refractivity contribution in [2.75, 3.05) is 7.05 Å². The van der Waals surface area contributed by atoms with E-state index in [1.807, 2.05) is 45.9 Å². The Hall–Kier alpha value is -1.42. The summed E-state index contributed by atoms with van der Waals surface area (Å²) < 4.78 is 0. The summed E-state index contributed by atoms with van der Waals surface area (Å²) in [4.78, 5) is 18.3. The zero-order chi connectivity index (χ0) is 14.0. The van der Waals surface area contributed by atoms with E-state index in [0.29, 0.717) is 6.54 Å². The minimum absolute atomic E-state index is 0.0284. The highest BCUT2D eigenvalue weighted by atomic mass is 16.2. The van der Waals surface area contributed by atoms with E-state index in [9.17, 15) is 4.79 Å². The lowest BCUT2D eigenvalue weighted by atomic mass is 9.74. The number of aromatic nitrogens is 1. The van der Waals surface area contributed by atoms with Gasteiger partial charge in [-0.3, -0.25) is 9.78 Å². The van der Waals surface area contributed by atoms with Gasteiger partial charge in [-0.1, -0.05) is 6.07 Å². The molecule has 4 heteroatoms. The molecular weight excluding hydrogens is 226 g/mol. The first-order valence-corrected chi connectivity index (χ1v) is 6.10. The predicted molar refractivity (Wildman–Crippen MR) is 72.8 cm³/mol. The standard InChI is InChI=1S/C14H23N3O/c1-13(2,14(3,4)15)12(18)17(5)10-11-8-6-7-9-16-11/h6-9H,10,15H2,1-5H3. The summed E-state index contributed by atoms with van der Waals surface area (Å²) in [5.41, 5.74) is 5.77. The van der Waals surface area contributed by atoms with Gasteiger partial charge < -0.3 is 10.6 Å². The van der Waals surface area contributed by atoms with Crippen LogP contribution in [0.2, 0.25) is 0 Å². The molecule has 0 saturated heterocycles. The number of nitrogens with zero attached hydrogens (tertiary/aromatic N) is 2. The number of hydrogen-bond donors (Lipinski definition) is 1. The molecule has 0 unspecified atom stereocenters. The van der Waals surface area contributed by atoms with Crippen molar-refractivity contribution in [1.82, 2.24) is 9.88 Å². The van der Waals surface area contributed by atoms with Crippen LogP contribution in [0.1, 0.15) is 33.4 Å². The Labute approximate surface area is 109 Å². The van der Waals surface area contributed by atoms with Crippen LogP contribution in [-0.4, -0.2) is 28.4 Å². The molecule has 0 fully saturated rings. The van der Waals surface area contributed by atoms with E-state index in [1.54, 1.807) is 18.1 Å². The quantitative estimate of drug-likeness (QED) is 0.885. The smallest absolute Gasteiger partial charge is 0.230 e. The fourth-order valence-electron chi connectivity index (χ4n) is 1.56. The van der Waals surface area contributed by atoms with Gasteiger partial charge in [0, 0.05) is 18.8 Å². The van der Waals surface area contributed by atoms with Crippen LogP contribution in [0, 0.1) is 5.41 Å². The maximum Gasteiger partial charge on any atom is 0.230 e. The fraction of sp³-hybridized carbons (Fsp3) is 0.571. The second kappa shape index (κ2) is 5.06. The summed E-state index contributed by atoms with van der Waals surface area (Å²) >= 11 is 0. The lowest BCUT2D eigenvalue weighted by Gasteiger charge is -2.39. The molecule has 1 aromatic heterocycles. The molecular formula is C14H23N3O. The predicted octanol–water partition coefficient (Wildman–Crippen LogP) is 1.80. The van der Waals surface area contributed by atoms with Gasteiger partial charge in [-0.2, -0.15) is 0 Å². The molecule has 0 bridgehead atoms. The average Bonchev–Trinajstić information content (AvgIpc) is 2.27. The SMILES string of the molecule is CN(Cc1ccccn1)C(=O)C(C)(C)C(C)(C)N. The van der Waals surface area contributed by atoms with Gasteiger partial charge in [0.2, 0.25) is 5.91 Å². The Balaban J connectivity index is 2.80. The molecule has 18 heavy (non-hydrogen) atoms. The van der Waals surface area contributed by atoms with Gasteiger partial charge >= 0.3 is 0 Å². The number of amides is 1. The van der Waals surface area contributed by atoms with Crippen molar-refractivity contribution >= 4 is 5.91 Å². The lowest BCUT2D eigenvalue weighted by molar-refractivity contribution is -0.142. The van der Waals surface area contributed by atoms with Gasteiger partial charge in [0.25, 0.3) is 0 Å². The molecule has 0 aliphatic rings. The van der Waals surface area contributed by atoms with Crippen LogP contribution in [0.25, 0.3) is 0 Å². The Bertz CT molecular complexity index is 407. The van der Waals surface area contributed by atoms with Crippen LogP contribution in [0.5, 0.6) is 0 Å². The Kier molecular flexibility index (Phi) is 4.12. The highest BCUT2D eigenvalue weighted by Crippen LogP contribution is 2.30. The van der Waals surface area contributed by atoms with E-state index < -0.39 is 11.0 Å². The molecule has 0 atom stereocenters. The van der Waals surface area contributed by atoms with Crippen LogP contribution in [0.4, 0.5) is 0 Å². The molecule has 2 N–H and O–H groups in total. The molecule has 1 heterocycles. The van der Waals surface area contributed by atoms with Gasteiger partial charge in [0.05, 0.1) is 17.7 Å². The summed E-state index contributed by atoms with van der Waals surface area (Å²) in [6.45, 7) is 8.01. The Morgan fingerprint density at radius 2 is 1.94 bits per heavy atom. The first-order valence-electron chi connectivity index (χ1n) is 6.10. The summed E-state index contributed by atoms with van der Waals surface area (Å²) in [5, 5.41) is 0. The molecule has 0 aliphatic carbocycles. The lowest BCUT2D eigenvalue weighted by Crippen LogP contribution is -2.55. The van der Waals surface area contributed by atoms with E-state index >= 15 is 0 Å². The third kappa shape index (κ3) is 3.07. The summed E-state index contributed by atoms with van der Waals surface area (Å²) in [6, 6.07) is 5.68. The number of hydrogen-bond acceptors (Lipinski definition) is 3. The molecule has 1 rings (SSSR count). The van der Waals surface area contributed by atoms with Crippen molar-refractivity contribution in [3.8, 4) is 0 Å². The van der Waals surface area contributed by atoms with Gasteiger partial charge in [0.15, 0.2) is 0 Å². The minimum atomic E-state index is -0.615. The summed E-state index contributed by atoms with van der Waals surface area (Å²) in [5.74, 6) is 0.0284. The largest absolute Gasteiger partial charge is 0.339 e. The van der Waals surface area contributed by atoms with Crippen LogP contribution < -0.4 is 5.73 Å². The van der Waals surface area contributed by atoms with Gasteiger partial charge in [0.1, 0.15) is 0 Å². The van der Waals surface area contributed by atoms with Crippen molar-refractivity contribution in [3.05, 3.63) is 30.1 Å². The second-order valence-corrected chi connectivity index (χ2v) is 5.83. The van der Waals surface area contributed by atoms with Crippen LogP contribution >= 0.6 is 0 Å². The van der Waals surface area contributed by atoms with Crippen molar-refractivity contribution in [3.63, 3.8) is 0 Å². The molecule has 0 aromatic carbocycles. The molecule has 1 aromatic rings. The van der Waals surface area contributed by atoms with Crippen LogP contribution in [-0.2, 0) is 11.3 Å². The zero-order valence-corrected chi connectivity index (χ0v) is 11.9. The summed E-state index contributed by atoms with van der Waals surface area (Å²) in [6.07, 6.45) is 1.73. The highest BCUT2D eigenvalue weighted by Gasteiger charge is 2.41. The van der Waals surface area contributed by atoms with E-state index in [-0.39, 0.29) is 5.91 Å². The third-order valence-electron chi connectivity index (χ3n) is 3.62. The molecule has 4 nitrogen and oxygen atoms in total. The van der Waals surface area contributed by atoms with E-state index in [1.165, 1.54) is 0 Å². The van der Waals surface area contributed by atoms with E-state index in [0.717, 1.165) is 5.69 Å². The number of carbonyl (C=O) groups excluding carboxylic acids is 1. The number of pyridine rings is 1. The average molecular weight is 249 g/mol. The van der Waals surface area contributed by atoms with Crippen molar-refractivity contribution in [1.29, 1.82) is 0 Å². The number of nitrogens with two attached hydrogens (primary N) is 1. The Morgan fingerprint density at radius 3 is 2.39 bits per heavy atom. The highest BCUT2D eigenvalue weighted by molar-refractivity contribution is 5.83. The minimum Gasteiger partial charge on any atom is -0.339 e. The van der Waals surface area contributed by atoms with Gasteiger partial charge in [-0.25, -0.2) is 0 Å². The molecule has 0 aliphatic heterocycles. The number of rotatable bonds is 4. The van der Waals surface area contributed by atoms with E-state index in [4.69, 9.17) is 5.73 Å². The van der Waals surface area contributed by atoms with Crippen LogP contribution in [0.3, 0.4) is 0 Å². The van der Waals surface area contributed by atoms with Crippen molar-refractivity contribution < 1.29 is 4.79 Å². The summed E-state index contributed by atoms with van der Waals surface area (Å²) in [7, 11) is 1.78. The van der Waals surface area contributed by atoms with Gasteiger partial charge in [-0.15, -0.1) is 0 Å². The number of carbonyl (C=O) groups is 1. The monoisotopic (exact) mass is 249 g/mol. The normalized spacial score (nSPS) is 12.3. The molecule has 0 saturated carbocycles. The zero-order valence-electron chi connectivity index (χ0n) is 11.9. The fourth-order valence-corrected chi connectivity index (χ4v) is 1.56. The Morgan fingerprint density at radius 1 is 1.33 bits per heavy atom. The maximum absolute atomic E-state index is 12.4.